The van der Waals surface area contributed by atoms with Crippen molar-refractivity contribution in [2.24, 2.45) is 5.73 Å². The van der Waals surface area contributed by atoms with Crippen molar-refractivity contribution in [1.82, 2.24) is 4.98 Å². The summed E-state index contributed by atoms with van der Waals surface area (Å²) in [7, 11) is 0. The third-order valence-electron chi connectivity index (χ3n) is 2.50. The van der Waals surface area contributed by atoms with Crippen LogP contribution in [0.4, 0.5) is 5.13 Å². The van der Waals surface area contributed by atoms with E-state index >= 15 is 0 Å². The Kier molecular flexibility index (Phi) is 3.21. The lowest BCUT2D eigenvalue weighted by molar-refractivity contribution is -0.120. The second-order valence-electron chi connectivity index (χ2n) is 3.86. The molecule has 2 rings (SSSR count). The summed E-state index contributed by atoms with van der Waals surface area (Å²) in [6.45, 7) is 1.69. The van der Waals surface area contributed by atoms with Gasteiger partial charge in [-0.2, -0.15) is 0 Å². The van der Waals surface area contributed by atoms with Crippen molar-refractivity contribution < 1.29 is 4.79 Å². The SMILES string of the molecule is CC(N)(C(=O)Nc1nccs1)c1ccccc1. The summed E-state index contributed by atoms with van der Waals surface area (Å²) >= 11 is 1.36. The fourth-order valence-corrected chi connectivity index (χ4v) is 1.95. The molecule has 0 saturated heterocycles. The highest BCUT2D eigenvalue weighted by molar-refractivity contribution is 7.13. The van der Waals surface area contributed by atoms with E-state index in [9.17, 15) is 4.79 Å². The highest BCUT2D eigenvalue weighted by Gasteiger charge is 2.30. The van der Waals surface area contributed by atoms with Gasteiger partial charge in [-0.05, 0) is 12.5 Å². The van der Waals surface area contributed by atoms with Crippen LogP contribution in [0.3, 0.4) is 0 Å². The number of hydrogen-bond donors (Lipinski definition) is 2. The molecule has 17 heavy (non-hydrogen) atoms. The van der Waals surface area contributed by atoms with Gasteiger partial charge in [0.1, 0.15) is 5.54 Å². The quantitative estimate of drug-likeness (QED) is 0.871. The maximum Gasteiger partial charge on any atom is 0.250 e. The Morgan fingerprint density at radius 3 is 2.71 bits per heavy atom. The summed E-state index contributed by atoms with van der Waals surface area (Å²) in [6, 6.07) is 9.27. The third-order valence-corrected chi connectivity index (χ3v) is 3.19. The van der Waals surface area contributed by atoms with Crippen molar-refractivity contribution in [3.63, 3.8) is 0 Å². The minimum absolute atomic E-state index is 0.265. The Hall–Kier alpha value is -1.72. The number of amides is 1. The minimum Gasteiger partial charge on any atom is -0.314 e. The number of thiazole rings is 1. The third kappa shape index (κ3) is 2.51. The van der Waals surface area contributed by atoms with Crippen LogP contribution in [-0.2, 0) is 10.3 Å². The van der Waals surface area contributed by atoms with Crippen molar-refractivity contribution in [2.75, 3.05) is 5.32 Å². The van der Waals surface area contributed by atoms with E-state index in [1.54, 1.807) is 18.5 Å². The lowest BCUT2D eigenvalue weighted by Crippen LogP contribution is -2.45. The first-order valence-electron chi connectivity index (χ1n) is 5.16. The number of aromatic nitrogens is 1. The second-order valence-corrected chi connectivity index (χ2v) is 4.75. The van der Waals surface area contributed by atoms with E-state index in [0.717, 1.165) is 5.56 Å². The van der Waals surface area contributed by atoms with Gasteiger partial charge in [0.25, 0.3) is 5.91 Å². The van der Waals surface area contributed by atoms with Crippen molar-refractivity contribution in [1.29, 1.82) is 0 Å². The van der Waals surface area contributed by atoms with Gasteiger partial charge in [0.2, 0.25) is 0 Å². The number of nitrogens with zero attached hydrogens (tertiary/aromatic N) is 1. The minimum atomic E-state index is -1.06. The maximum atomic E-state index is 12.1. The van der Waals surface area contributed by atoms with Gasteiger partial charge >= 0.3 is 0 Å². The molecular weight excluding hydrogens is 234 g/mol. The van der Waals surface area contributed by atoms with Gasteiger partial charge in [0.05, 0.1) is 0 Å². The molecule has 0 bridgehead atoms. The van der Waals surface area contributed by atoms with Crippen LogP contribution in [0.5, 0.6) is 0 Å². The van der Waals surface area contributed by atoms with E-state index in [4.69, 9.17) is 5.73 Å². The van der Waals surface area contributed by atoms with Crippen LogP contribution >= 0.6 is 11.3 Å². The van der Waals surface area contributed by atoms with Crippen LogP contribution in [0, 0.1) is 0 Å². The average molecular weight is 247 g/mol. The van der Waals surface area contributed by atoms with Crippen LogP contribution in [0.2, 0.25) is 0 Å². The van der Waals surface area contributed by atoms with Gasteiger partial charge in [-0.25, -0.2) is 4.98 Å². The smallest absolute Gasteiger partial charge is 0.250 e. The summed E-state index contributed by atoms with van der Waals surface area (Å²) in [5, 5.41) is 5.06. The largest absolute Gasteiger partial charge is 0.314 e. The molecule has 1 aromatic heterocycles. The summed E-state index contributed by atoms with van der Waals surface area (Å²) in [5.74, 6) is -0.265. The molecule has 1 unspecified atom stereocenters. The number of carbonyl (C=O) groups is 1. The molecule has 4 nitrogen and oxygen atoms in total. The number of carbonyl (C=O) groups excluding carboxylic acids is 1. The monoisotopic (exact) mass is 247 g/mol. The van der Waals surface area contributed by atoms with Crippen molar-refractivity contribution in [3.8, 4) is 0 Å². The standard InChI is InChI=1S/C12H13N3OS/c1-12(13,9-5-3-2-4-6-9)10(16)15-11-14-7-8-17-11/h2-8H,13H2,1H3,(H,14,15,16). The summed E-state index contributed by atoms with van der Waals surface area (Å²) in [4.78, 5) is 16.1. The first-order valence-corrected chi connectivity index (χ1v) is 6.04. The molecule has 1 atom stereocenters. The molecule has 1 amide bonds. The van der Waals surface area contributed by atoms with Gasteiger partial charge in [0, 0.05) is 11.6 Å². The van der Waals surface area contributed by atoms with Crippen molar-refractivity contribution >= 4 is 22.4 Å². The molecule has 1 aromatic carbocycles. The molecule has 0 radical (unpaired) electrons. The summed E-state index contributed by atoms with van der Waals surface area (Å²) < 4.78 is 0. The predicted molar refractivity (Wildman–Crippen MR) is 68.7 cm³/mol. The summed E-state index contributed by atoms with van der Waals surface area (Å²) in [6.07, 6.45) is 1.64. The Morgan fingerprint density at radius 1 is 1.41 bits per heavy atom. The number of nitrogens with one attached hydrogen (secondary N) is 1. The number of benzene rings is 1. The van der Waals surface area contributed by atoms with Gasteiger partial charge in [0.15, 0.2) is 5.13 Å². The number of hydrogen-bond acceptors (Lipinski definition) is 4. The highest BCUT2D eigenvalue weighted by atomic mass is 32.1. The zero-order chi connectivity index (χ0) is 12.3. The molecule has 3 N–H and O–H groups in total. The predicted octanol–water partition coefficient (Wildman–Crippen LogP) is 1.96. The Balaban J connectivity index is 2.18. The molecule has 0 spiro atoms. The topological polar surface area (TPSA) is 68.0 Å². The Morgan fingerprint density at radius 2 is 2.12 bits per heavy atom. The maximum absolute atomic E-state index is 12.1. The fourth-order valence-electron chi connectivity index (χ4n) is 1.43. The molecule has 0 aliphatic carbocycles. The lowest BCUT2D eigenvalue weighted by atomic mass is 9.92. The van der Waals surface area contributed by atoms with E-state index in [-0.39, 0.29) is 5.91 Å². The zero-order valence-corrected chi connectivity index (χ0v) is 10.2. The van der Waals surface area contributed by atoms with E-state index in [1.807, 2.05) is 30.3 Å². The van der Waals surface area contributed by atoms with Gasteiger partial charge in [-0.15, -0.1) is 11.3 Å². The molecule has 0 aliphatic heterocycles. The first-order chi connectivity index (χ1) is 8.10. The van der Waals surface area contributed by atoms with Crippen molar-refractivity contribution in [2.45, 2.75) is 12.5 Å². The van der Waals surface area contributed by atoms with E-state index in [0.29, 0.717) is 5.13 Å². The lowest BCUT2D eigenvalue weighted by Gasteiger charge is -2.23. The number of anilines is 1. The molecule has 0 fully saturated rings. The van der Waals surface area contributed by atoms with Gasteiger partial charge in [-0.1, -0.05) is 30.3 Å². The second kappa shape index (κ2) is 4.65. The number of rotatable bonds is 3. The van der Waals surface area contributed by atoms with Gasteiger partial charge in [-0.3, -0.25) is 4.79 Å². The zero-order valence-electron chi connectivity index (χ0n) is 9.38. The number of nitrogens with two attached hydrogens (primary N) is 1. The van der Waals surface area contributed by atoms with Crippen LogP contribution in [0.25, 0.3) is 0 Å². The molecule has 88 valence electrons. The Labute approximate surface area is 103 Å². The van der Waals surface area contributed by atoms with E-state index < -0.39 is 5.54 Å². The highest BCUT2D eigenvalue weighted by Crippen LogP contribution is 2.20. The molecule has 0 aliphatic rings. The fraction of sp³-hybridized carbons (Fsp3) is 0.167. The van der Waals surface area contributed by atoms with Crippen LogP contribution in [-0.4, -0.2) is 10.9 Å². The molecular formula is C12H13N3OS. The van der Waals surface area contributed by atoms with Crippen LogP contribution in [0.1, 0.15) is 12.5 Å². The Bertz CT molecular complexity index is 494. The van der Waals surface area contributed by atoms with Gasteiger partial charge < -0.3 is 11.1 Å². The van der Waals surface area contributed by atoms with E-state index in [1.165, 1.54) is 11.3 Å². The molecule has 5 heteroatoms. The van der Waals surface area contributed by atoms with Crippen molar-refractivity contribution in [3.05, 3.63) is 47.5 Å². The van der Waals surface area contributed by atoms with Crippen LogP contribution < -0.4 is 11.1 Å². The molecule has 2 aromatic rings. The summed E-state index contributed by atoms with van der Waals surface area (Å²) in [5.41, 5.74) is 5.77. The normalized spacial score (nSPS) is 14.0. The first kappa shape index (κ1) is 11.8. The molecule has 0 saturated carbocycles. The van der Waals surface area contributed by atoms with E-state index in [2.05, 4.69) is 10.3 Å². The molecule has 1 heterocycles. The average Bonchev–Trinajstić information content (AvgIpc) is 2.83. The van der Waals surface area contributed by atoms with Crippen LogP contribution in [0.15, 0.2) is 41.9 Å².